The van der Waals surface area contributed by atoms with Gasteiger partial charge in [0, 0.05) is 18.5 Å². The van der Waals surface area contributed by atoms with Crippen LogP contribution in [0.15, 0.2) is 10.7 Å². The predicted molar refractivity (Wildman–Crippen MR) is 46.1 cm³/mol. The molecule has 1 aliphatic carbocycles. The minimum absolute atomic E-state index is 0.753. The van der Waals surface area contributed by atoms with E-state index < -0.39 is 0 Å². The van der Waals surface area contributed by atoms with Gasteiger partial charge in [-0.3, -0.25) is 0 Å². The summed E-state index contributed by atoms with van der Waals surface area (Å²) in [7, 11) is 1.95. The van der Waals surface area contributed by atoms with Crippen LogP contribution in [0.4, 0.5) is 0 Å². The summed E-state index contributed by atoms with van der Waals surface area (Å²) in [6, 6.07) is 0. The lowest BCUT2D eigenvalue weighted by Gasteiger charge is -1.97. The van der Waals surface area contributed by atoms with E-state index in [2.05, 4.69) is 10.5 Å². The fourth-order valence-electron chi connectivity index (χ4n) is 1.43. The second-order valence-corrected chi connectivity index (χ2v) is 3.33. The van der Waals surface area contributed by atoms with Crippen molar-refractivity contribution < 1.29 is 4.52 Å². The summed E-state index contributed by atoms with van der Waals surface area (Å²) in [5.41, 5.74) is 1.34. The Labute approximate surface area is 72.1 Å². The lowest BCUT2D eigenvalue weighted by molar-refractivity contribution is 0.380. The van der Waals surface area contributed by atoms with E-state index in [-0.39, 0.29) is 0 Å². The zero-order chi connectivity index (χ0) is 8.39. The number of hydrogen-bond donors (Lipinski definition) is 1. The molecule has 1 aromatic heterocycles. The lowest BCUT2D eigenvalue weighted by Crippen LogP contribution is -2.10. The standard InChI is InChI=1S/C9H14N2O/c1-10-5-4-9-8(6-11-12-9)7-2-3-7/h6-7,10H,2-5H2,1H3. The molecule has 1 heterocycles. The maximum absolute atomic E-state index is 5.18. The number of nitrogens with one attached hydrogen (secondary N) is 1. The Balaban J connectivity index is 2.03. The molecule has 1 saturated carbocycles. The van der Waals surface area contributed by atoms with Crippen LogP contribution in [-0.4, -0.2) is 18.7 Å². The molecule has 0 saturated heterocycles. The summed E-state index contributed by atoms with van der Waals surface area (Å²) in [6.45, 7) is 0.967. The van der Waals surface area contributed by atoms with Gasteiger partial charge in [0.05, 0.1) is 6.20 Å². The molecule has 1 aliphatic rings. The fourth-order valence-corrected chi connectivity index (χ4v) is 1.43. The first-order valence-electron chi connectivity index (χ1n) is 4.50. The molecule has 66 valence electrons. The average Bonchev–Trinajstić information content (AvgIpc) is 2.83. The second kappa shape index (κ2) is 3.27. The minimum Gasteiger partial charge on any atom is -0.361 e. The largest absolute Gasteiger partial charge is 0.361 e. The molecular formula is C9H14N2O. The molecule has 0 amide bonds. The van der Waals surface area contributed by atoms with Gasteiger partial charge in [-0.2, -0.15) is 0 Å². The van der Waals surface area contributed by atoms with Crippen molar-refractivity contribution in [2.24, 2.45) is 0 Å². The molecule has 3 heteroatoms. The maximum atomic E-state index is 5.18. The van der Waals surface area contributed by atoms with Gasteiger partial charge in [0.25, 0.3) is 0 Å². The van der Waals surface area contributed by atoms with Gasteiger partial charge < -0.3 is 9.84 Å². The topological polar surface area (TPSA) is 38.1 Å². The SMILES string of the molecule is CNCCc1oncc1C1CC1. The highest BCUT2D eigenvalue weighted by atomic mass is 16.5. The van der Waals surface area contributed by atoms with Crippen molar-refractivity contribution in [1.82, 2.24) is 10.5 Å². The molecule has 2 rings (SSSR count). The molecule has 0 aliphatic heterocycles. The number of hydrogen-bond acceptors (Lipinski definition) is 3. The summed E-state index contributed by atoms with van der Waals surface area (Å²) in [5.74, 6) is 1.83. The van der Waals surface area contributed by atoms with Crippen LogP contribution in [0.5, 0.6) is 0 Å². The zero-order valence-electron chi connectivity index (χ0n) is 7.34. The lowest BCUT2D eigenvalue weighted by atomic mass is 10.1. The van der Waals surface area contributed by atoms with E-state index in [0.717, 1.165) is 24.6 Å². The van der Waals surface area contributed by atoms with Gasteiger partial charge in [-0.15, -0.1) is 0 Å². The quantitative estimate of drug-likeness (QED) is 0.733. The van der Waals surface area contributed by atoms with Crippen molar-refractivity contribution >= 4 is 0 Å². The van der Waals surface area contributed by atoms with E-state index in [1.54, 1.807) is 0 Å². The number of likely N-dealkylation sites (N-methyl/N-ethyl adjacent to an activating group) is 1. The second-order valence-electron chi connectivity index (χ2n) is 3.33. The molecule has 12 heavy (non-hydrogen) atoms. The van der Waals surface area contributed by atoms with Crippen molar-refractivity contribution in [3.8, 4) is 0 Å². The molecule has 0 spiro atoms. The smallest absolute Gasteiger partial charge is 0.141 e. The first-order chi connectivity index (χ1) is 5.92. The van der Waals surface area contributed by atoms with Crippen LogP contribution in [0, 0.1) is 0 Å². The highest BCUT2D eigenvalue weighted by Gasteiger charge is 2.28. The molecule has 0 unspecified atom stereocenters. The summed E-state index contributed by atoms with van der Waals surface area (Å²) < 4.78 is 5.18. The summed E-state index contributed by atoms with van der Waals surface area (Å²) in [4.78, 5) is 0. The first kappa shape index (κ1) is 7.80. The van der Waals surface area contributed by atoms with E-state index in [4.69, 9.17) is 4.52 Å². The summed E-state index contributed by atoms with van der Waals surface area (Å²) in [5, 5.41) is 6.94. The molecule has 1 fully saturated rings. The van der Waals surface area contributed by atoms with Crippen molar-refractivity contribution in [2.45, 2.75) is 25.2 Å². The summed E-state index contributed by atoms with van der Waals surface area (Å²) in [6.07, 6.45) is 5.46. The fraction of sp³-hybridized carbons (Fsp3) is 0.667. The normalized spacial score (nSPS) is 16.8. The number of rotatable bonds is 4. The van der Waals surface area contributed by atoms with Crippen LogP contribution in [-0.2, 0) is 6.42 Å². The molecule has 1 N–H and O–H groups in total. The molecule has 0 radical (unpaired) electrons. The molecule has 1 aromatic rings. The molecule has 0 aromatic carbocycles. The third kappa shape index (κ3) is 1.50. The highest BCUT2D eigenvalue weighted by Crippen LogP contribution is 2.41. The van der Waals surface area contributed by atoms with Gasteiger partial charge in [-0.1, -0.05) is 5.16 Å². The van der Waals surface area contributed by atoms with Crippen LogP contribution in [0.2, 0.25) is 0 Å². The van der Waals surface area contributed by atoms with Crippen molar-refractivity contribution in [2.75, 3.05) is 13.6 Å². The van der Waals surface area contributed by atoms with Crippen LogP contribution in [0.25, 0.3) is 0 Å². The Hall–Kier alpha value is -0.830. The van der Waals surface area contributed by atoms with Crippen LogP contribution in [0.1, 0.15) is 30.1 Å². The van der Waals surface area contributed by atoms with Crippen LogP contribution >= 0.6 is 0 Å². The minimum atomic E-state index is 0.753. The first-order valence-corrected chi connectivity index (χ1v) is 4.50. The van der Waals surface area contributed by atoms with Crippen molar-refractivity contribution in [3.05, 3.63) is 17.5 Å². The van der Waals surface area contributed by atoms with Crippen LogP contribution in [0.3, 0.4) is 0 Å². The van der Waals surface area contributed by atoms with Crippen LogP contribution < -0.4 is 5.32 Å². The van der Waals surface area contributed by atoms with Gasteiger partial charge in [-0.05, 0) is 25.8 Å². The molecule has 0 atom stereocenters. The maximum Gasteiger partial charge on any atom is 0.141 e. The monoisotopic (exact) mass is 166 g/mol. The van der Waals surface area contributed by atoms with E-state index in [9.17, 15) is 0 Å². The molecule has 3 nitrogen and oxygen atoms in total. The van der Waals surface area contributed by atoms with Gasteiger partial charge in [-0.25, -0.2) is 0 Å². The van der Waals surface area contributed by atoms with Crippen molar-refractivity contribution in [3.63, 3.8) is 0 Å². The van der Waals surface area contributed by atoms with Gasteiger partial charge in [0.15, 0.2) is 0 Å². The molecular weight excluding hydrogens is 152 g/mol. The zero-order valence-corrected chi connectivity index (χ0v) is 7.34. The average molecular weight is 166 g/mol. The summed E-state index contributed by atoms with van der Waals surface area (Å²) >= 11 is 0. The Kier molecular flexibility index (Phi) is 2.13. The van der Waals surface area contributed by atoms with Crippen molar-refractivity contribution in [1.29, 1.82) is 0 Å². The highest BCUT2D eigenvalue weighted by molar-refractivity contribution is 5.23. The third-order valence-electron chi connectivity index (χ3n) is 2.30. The Morgan fingerprint density at radius 3 is 3.17 bits per heavy atom. The predicted octanol–water partition coefficient (Wildman–Crippen LogP) is 1.31. The van der Waals surface area contributed by atoms with Gasteiger partial charge in [0.2, 0.25) is 0 Å². The van der Waals surface area contributed by atoms with E-state index >= 15 is 0 Å². The number of aromatic nitrogens is 1. The Morgan fingerprint density at radius 2 is 2.50 bits per heavy atom. The Bertz CT molecular complexity index is 253. The molecule has 0 bridgehead atoms. The van der Waals surface area contributed by atoms with E-state index in [1.165, 1.54) is 18.4 Å². The third-order valence-corrected chi connectivity index (χ3v) is 2.30. The number of nitrogens with zero attached hydrogens (tertiary/aromatic N) is 1. The van der Waals surface area contributed by atoms with Gasteiger partial charge >= 0.3 is 0 Å². The Morgan fingerprint density at radius 1 is 1.67 bits per heavy atom. The van der Waals surface area contributed by atoms with E-state index in [1.807, 2.05) is 13.2 Å². The van der Waals surface area contributed by atoms with E-state index in [0.29, 0.717) is 0 Å². The van der Waals surface area contributed by atoms with Gasteiger partial charge in [0.1, 0.15) is 5.76 Å².